The second kappa shape index (κ2) is 6.30. The fraction of sp³-hybridized carbons (Fsp3) is 0.765. The van der Waals surface area contributed by atoms with Crippen molar-refractivity contribution in [1.29, 1.82) is 0 Å². The Labute approximate surface area is 129 Å². The van der Waals surface area contributed by atoms with Crippen LogP contribution < -0.4 is 10.2 Å². The van der Waals surface area contributed by atoms with Crippen LogP contribution in [0.4, 0.5) is 5.95 Å². The highest BCUT2D eigenvalue weighted by Crippen LogP contribution is 2.26. The third kappa shape index (κ3) is 4.40. The van der Waals surface area contributed by atoms with E-state index in [0.717, 1.165) is 43.1 Å². The van der Waals surface area contributed by atoms with Crippen LogP contribution in [0.3, 0.4) is 0 Å². The Bertz CT molecular complexity index is 476. The molecule has 1 unspecified atom stereocenters. The van der Waals surface area contributed by atoms with Gasteiger partial charge in [0.1, 0.15) is 0 Å². The number of rotatable bonds is 4. The number of nitrogens with one attached hydrogen (secondary N) is 1. The lowest BCUT2D eigenvalue weighted by molar-refractivity contribution is 0.421. The Hall–Kier alpha value is -1.16. The van der Waals surface area contributed by atoms with Gasteiger partial charge in [0.05, 0.1) is 0 Å². The largest absolute Gasteiger partial charge is 0.341 e. The first kappa shape index (κ1) is 16.2. The van der Waals surface area contributed by atoms with Crippen molar-refractivity contribution >= 4 is 5.95 Å². The van der Waals surface area contributed by atoms with Gasteiger partial charge in [0.2, 0.25) is 5.95 Å². The van der Waals surface area contributed by atoms with Crippen LogP contribution in [0.5, 0.6) is 0 Å². The lowest BCUT2D eigenvalue weighted by Crippen LogP contribution is -2.35. The molecule has 0 aromatic carbocycles. The minimum Gasteiger partial charge on any atom is -0.341 e. The van der Waals surface area contributed by atoms with Crippen molar-refractivity contribution in [1.82, 2.24) is 15.3 Å². The predicted molar refractivity (Wildman–Crippen MR) is 88.5 cm³/mol. The number of anilines is 1. The predicted octanol–water partition coefficient (Wildman–Crippen LogP) is 3.16. The zero-order valence-corrected chi connectivity index (χ0v) is 14.4. The summed E-state index contributed by atoms with van der Waals surface area (Å²) in [4.78, 5) is 11.6. The Morgan fingerprint density at radius 2 is 2.10 bits per heavy atom. The monoisotopic (exact) mass is 290 g/mol. The molecule has 0 saturated carbocycles. The molecule has 21 heavy (non-hydrogen) atoms. The fourth-order valence-electron chi connectivity index (χ4n) is 2.68. The Morgan fingerprint density at radius 1 is 1.38 bits per heavy atom. The van der Waals surface area contributed by atoms with E-state index in [-0.39, 0.29) is 5.54 Å². The zero-order valence-electron chi connectivity index (χ0n) is 14.4. The van der Waals surface area contributed by atoms with Gasteiger partial charge < -0.3 is 10.2 Å². The van der Waals surface area contributed by atoms with Crippen LogP contribution >= 0.6 is 0 Å². The minimum absolute atomic E-state index is 0.116. The van der Waals surface area contributed by atoms with Gasteiger partial charge in [0.15, 0.2) is 0 Å². The summed E-state index contributed by atoms with van der Waals surface area (Å²) >= 11 is 0. The third-order valence-corrected chi connectivity index (χ3v) is 4.33. The van der Waals surface area contributed by atoms with E-state index in [1.807, 2.05) is 6.20 Å². The summed E-state index contributed by atoms with van der Waals surface area (Å²) in [7, 11) is 0. The first-order valence-corrected chi connectivity index (χ1v) is 8.09. The molecule has 1 aromatic heterocycles. The topological polar surface area (TPSA) is 41.1 Å². The van der Waals surface area contributed by atoms with Crippen molar-refractivity contribution in [3.63, 3.8) is 0 Å². The van der Waals surface area contributed by atoms with Gasteiger partial charge in [-0.05, 0) is 46.0 Å². The molecule has 0 amide bonds. The summed E-state index contributed by atoms with van der Waals surface area (Å²) in [6, 6.07) is 0. The highest BCUT2D eigenvalue weighted by molar-refractivity contribution is 5.34. The van der Waals surface area contributed by atoms with Crippen LogP contribution in [0.1, 0.15) is 52.3 Å². The second-order valence-corrected chi connectivity index (χ2v) is 7.62. The van der Waals surface area contributed by atoms with Gasteiger partial charge in [-0.15, -0.1) is 0 Å². The summed E-state index contributed by atoms with van der Waals surface area (Å²) in [6.45, 7) is 16.2. The molecule has 1 aliphatic rings. The summed E-state index contributed by atoms with van der Waals surface area (Å²) in [5.41, 5.74) is 2.39. The van der Waals surface area contributed by atoms with Crippen LogP contribution in [0.25, 0.3) is 0 Å². The molecule has 1 aromatic rings. The minimum atomic E-state index is 0.116. The fourth-order valence-corrected chi connectivity index (χ4v) is 2.68. The summed E-state index contributed by atoms with van der Waals surface area (Å²) < 4.78 is 0. The van der Waals surface area contributed by atoms with Gasteiger partial charge in [-0.1, -0.05) is 13.8 Å². The second-order valence-electron chi connectivity index (χ2n) is 7.62. The number of aryl methyl sites for hydroxylation is 1. The maximum atomic E-state index is 4.72. The van der Waals surface area contributed by atoms with Crippen molar-refractivity contribution in [3.05, 3.63) is 17.5 Å². The lowest BCUT2D eigenvalue weighted by atomic mass is 9.95. The van der Waals surface area contributed by atoms with Crippen LogP contribution in [0.15, 0.2) is 6.20 Å². The lowest BCUT2D eigenvalue weighted by Gasteiger charge is -2.22. The molecule has 1 N–H and O–H groups in total. The smallest absolute Gasteiger partial charge is 0.225 e. The van der Waals surface area contributed by atoms with Gasteiger partial charge >= 0.3 is 0 Å². The molecule has 118 valence electrons. The molecule has 0 radical (unpaired) electrons. The van der Waals surface area contributed by atoms with Crippen molar-refractivity contribution in [2.45, 2.75) is 60.0 Å². The molecular formula is C17H30N4. The van der Waals surface area contributed by atoms with Crippen molar-refractivity contribution in [2.24, 2.45) is 11.8 Å². The zero-order chi connectivity index (χ0) is 15.6. The van der Waals surface area contributed by atoms with Crippen molar-refractivity contribution in [3.8, 4) is 0 Å². The summed E-state index contributed by atoms with van der Waals surface area (Å²) in [5, 5.41) is 3.50. The maximum Gasteiger partial charge on any atom is 0.225 e. The average molecular weight is 290 g/mol. The summed E-state index contributed by atoms with van der Waals surface area (Å²) in [6.07, 6.45) is 3.24. The van der Waals surface area contributed by atoms with Gasteiger partial charge in [0, 0.05) is 42.6 Å². The Balaban J connectivity index is 2.02. The Morgan fingerprint density at radius 3 is 2.62 bits per heavy atom. The molecule has 2 rings (SSSR count). The molecule has 4 heteroatoms. The van der Waals surface area contributed by atoms with Crippen LogP contribution in [0, 0.1) is 18.8 Å². The van der Waals surface area contributed by atoms with E-state index in [1.54, 1.807) is 0 Å². The third-order valence-electron chi connectivity index (χ3n) is 4.33. The van der Waals surface area contributed by atoms with Gasteiger partial charge in [-0.25, -0.2) is 9.97 Å². The first-order valence-electron chi connectivity index (χ1n) is 8.09. The van der Waals surface area contributed by atoms with Crippen LogP contribution in [-0.2, 0) is 6.54 Å². The Kier molecular flexibility index (Phi) is 4.87. The molecule has 1 atom stereocenters. The van der Waals surface area contributed by atoms with Gasteiger partial charge in [-0.2, -0.15) is 0 Å². The standard InChI is InChI=1S/C17H30N4/c1-12(2)14-7-8-21(11-14)16-18-9-15(13(3)20-16)10-19-17(4,5)6/h9,12,14,19H,7-8,10-11H2,1-6H3. The molecule has 1 aliphatic heterocycles. The SMILES string of the molecule is Cc1nc(N2CCC(C(C)C)C2)ncc1CNC(C)(C)C. The summed E-state index contributed by atoms with van der Waals surface area (Å²) in [5.74, 6) is 2.41. The molecule has 1 saturated heterocycles. The quantitative estimate of drug-likeness (QED) is 0.925. The maximum absolute atomic E-state index is 4.72. The van der Waals surface area contributed by atoms with E-state index >= 15 is 0 Å². The average Bonchev–Trinajstić information content (AvgIpc) is 2.85. The van der Waals surface area contributed by atoms with Crippen molar-refractivity contribution < 1.29 is 0 Å². The number of nitrogens with zero attached hydrogens (tertiary/aromatic N) is 3. The van der Waals surface area contributed by atoms with E-state index in [4.69, 9.17) is 4.98 Å². The van der Waals surface area contributed by atoms with E-state index in [9.17, 15) is 0 Å². The number of hydrogen-bond donors (Lipinski definition) is 1. The molecule has 4 nitrogen and oxygen atoms in total. The van der Waals surface area contributed by atoms with Crippen LogP contribution in [0.2, 0.25) is 0 Å². The van der Waals surface area contributed by atoms with E-state index in [1.165, 1.54) is 12.0 Å². The number of aromatic nitrogens is 2. The number of hydrogen-bond acceptors (Lipinski definition) is 4. The normalized spacial score (nSPS) is 19.6. The van der Waals surface area contributed by atoms with Gasteiger partial charge in [-0.3, -0.25) is 0 Å². The van der Waals surface area contributed by atoms with E-state index in [0.29, 0.717) is 0 Å². The molecule has 2 heterocycles. The van der Waals surface area contributed by atoms with Gasteiger partial charge in [0.25, 0.3) is 0 Å². The molecule has 1 fully saturated rings. The van der Waals surface area contributed by atoms with E-state index < -0.39 is 0 Å². The molecular weight excluding hydrogens is 260 g/mol. The highest BCUT2D eigenvalue weighted by atomic mass is 15.3. The molecule has 0 spiro atoms. The molecule has 0 aliphatic carbocycles. The molecule has 0 bridgehead atoms. The first-order chi connectivity index (χ1) is 9.76. The van der Waals surface area contributed by atoms with Crippen LogP contribution in [-0.4, -0.2) is 28.6 Å². The van der Waals surface area contributed by atoms with E-state index in [2.05, 4.69) is 56.7 Å². The van der Waals surface area contributed by atoms with Crippen molar-refractivity contribution in [2.75, 3.05) is 18.0 Å². The highest BCUT2D eigenvalue weighted by Gasteiger charge is 2.26.